The van der Waals surface area contributed by atoms with Gasteiger partial charge in [0.25, 0.3) is 0 Å². The molecule has 21 heavy (non-hydrogen) atoms. The van der Waals surface area contributed by atoms with E-state index in [0.29, 0.717) is 24.3 Å². The van der Waals surface area contributed by atoms with Gasteiger partial charge in [-0.2, -0.15) is 11.8 Å². The fourth-order valence-electron chi connectivity index (χ4n) is 3.32. The first kappa shape index (κ1) is 16.2. The first-order valence-electron chi connectivity index (χ1n) is 7.46. The second-order valence-corrected chi connectivity index (χ2v) is 7.06. The highest BCUT2D eigenvalue weighted by molar-refractivity contribution is 7.98. The molecule has 1 aromatic carbocycles. The molecule has 0 saturated carbocycles. The van der Waals surface area contributed by atoms with Crippen LogP contribution in [0.1, 0.15) is 41.5 Å². The Morgan fingerprint density at radius 2 is 1.81 bits per heavy atom. The van der Waals surface area contributed by atoms with Crippen molar-refractivity contribution in [3.8, 4) is 0 Å². The molecule has 0 bridgehead atoms. The highest BCUT2D eigenvalue weighted by atomic mass is 32.2. The molecule has 0 saturated heterocycles. The number of aryl methyl sites for hydroxylation is 3. The Morgan fingerprint density at radius 3 is 2.33 bits per heavy atom. The molecular formula is C18H24O2S. The topological polar surface area (TPSA) is 37.3 Å². The van der Waals surface area contributed by atoms with Crippen LogP contribution in [0.5, 0.6) is 0 Å². The van der Waals surface area contributed by atoms with Gasteiger partial charge in [-0.3, -0.25) is 4.79 Å². The summed E-state index contributed by atoms with van der Waals surface area (Å²) in [4.78, 5) is 12.5. The van der Waals surface area contributed by atoms with Crippen LogP contribution in [-0.2, 0) is 4.79 Å². The lowest BCUT2D eigenvalue weighted by Crippen LogP contribution is -2.20. The molecule has 114 valence electrons. The molecule has 1 aliphatic rings. The minimum absolute atomic E-state index is 0.0971. The maximum Gasteiger partial charge on any atom is 0.167 e. The summed E-state index contributed by atoms with van der Waals surface area (Å²) in [6.07, 6.45) is 4.27. The summed E-state index contributed by atoms with van der Waals surface area (Å²) in [5.41, 5.74) is 4.83. The van der Waals surface area contributed by atoms with Gasteiger partial charge in [-0.15, -0.1) is 0 Å². The molecule has 0 amide bonds. The van der Waals surface area contributed by atoms with Crippen LogP contribution in [0.15, 0.2) is 17.9 Å². The van der Waals surface area contributed by atoms with Crippen LogP contribution < -0.4 is 0 Å². The summed E-state index contributed by atoms with van der Waals surface area (Å²) in [6, 6.07) is 4.16. The normalized spacial score (nSPS) is 19.2. The zero-order valence-corrected chi connectivity index (χ0v) is 14.1. The van der Waals surface area contributed by atoms with E-state index in [1.807, 2.05) is 13.8 Å². The zero-order valence-electron chi connectivity index (χ0n) is 13.3. The van der Waals surface area contributed by atoms with Crippen molar-refractivity contribution in [1.29, 1.82) is 0 Å². The maximum absolute atomic E-state index is 12.5. The summed E-state index contributed by atoms with van der Waals surface area (Å²) in [5.74, 6) is 1.72. The van der Waals surface area contributed by atoms with Crippen molar-refractivity contribution in [2.75, 3.05) is 12.0 Å². The van der Waals surface area contributed by atoms with Gasteiger partial charge in [-0.05, 0) is 61.8 Å². The quantitative estimate of drug-likeness (QED) is 0.882. The van der Waals surface area contributed by atoms with Gasteiger partial charge in [0, 0.05) is 12.8 Å². The number of hydrogen-bond acceptors (Lipinski definition) is 3. The van der Waals surface area contributed by atoms with Crippen LogP contribution in [-0.4, -0.2) is 22.9 Å². The van der Waals surface area contributed by atoms with Gasteiger partial charge in [0.1, 0.15) is 5.76 Å². The summed E-state index contributed by atoms with van der Waals surface area (Å²) in [5, 5.41) is 10.4. The van der Waals surface area contributed by atoms with Crippen LogP contribution in [0.25, 0.3) is 5.57 Å². The minimum atomic E-state index is 0.0971. The SMILES string of the molecule is CSCCC1CC(=O)C(c2c(C)cc(C)cc2C)=C(O)C1. The summed E-state index contributed by atoms with van der Waals surface area (Å²) >= 11 is 1.79. The number of allylic oxidation sites excluding steroid dienone is 2. The Hall–Kier alpha value is -1.22. The predicted octanol–water partition coefficient (Wildman–Crippen LogP) is 4.61. The van der Waals surface area contributed by atoms with Crippen LogP contribution in [0.3, 0.4) is 0 Å². The van der Waals surface area contributed by atoms with E-state index in [1.165, 1.54) is 5.56 Å². The molecule has 2 nitrogen and oxygen atoms in total. The van der Waals surface area contributed by atoms with Crippen molar-refractivity contribution in [3.63, 3.8) is 0 Å². The van der Waals surface area contributed by atoms with E-state index in [1.54, 1.807) is 11.8 Å². The first-order valence-corrected chi connectivity index (χ1v) is 8.86. The van der Waals surface area contributed by atoms with Crippen molar-refractivity contribution in [3.05, 3.63) is 40.1 Å². The second-order valence-electron chi connectivity index (χ2n) is 6.07. The van der Waals surface area contributed by atoms with Gasteiger partial charge in [0.15, 0.2) is 5.78 Å². The zero-order chi connectivity index (χ0) is 15.6. The highest BCUT2D eigenvalue weighted by Crippen LogP contribution is 2.36. The fraction of sp³-hybridized carbons (Fsp3) is 0.500. The summed E-state index contributed by atoms with van der Waals surface area (Å²) in [7, 11) is 0. The lowest BCUT2D eigenvalue weighted by atomic mass is 9.80. The number of aliphatic hydroxyl groups excluding tert-OH is 1. The van der Waals surface area contributed by atoms with Crippen molar-refractivity contribution in [2.45, 2.75) is 40.0 Å². The molecule has 1 atom stereocenters. The Balaban J connectivity index is 2.38. The molecule has 3 heteroatoms. The third-order valence-corrected chi connectivity index (χ3v) is 4.82. The van der Waals surface area contributed by atoms with Gasteiger partial charge in [0.05, 0.1) is 5.57 Å². The maximum atomic E-state index is 12.5. The molecule has 0 radical (unpaired) electrons. The number of Topliss-reactive ketones (excluding diaryl/α,β-unsaturated/α-hetero) is 1. The van der Waals surface area contributed by atoms with Crippen LogP contribution in [0.4, 0.5) is 0 Å². The number of ketones is 1. The number of benzene rings is 1. The minimum Gasteiger partial charge on any atom is -0.512 e. The van der Waals surface area contributed by atoms with E-state index in [4.69, 9.17) is 0 Å². The Morgan fingerprint density at radius 1 is 1.19 bits per heavy atom. The average Bonchev–Trinajstić information content (AvgIpc) is 2.38. The van der Waals surface area contributed by atoms with Crippen LogP contribution in [0.2, 0.25) is 0 Å². The molecular weight excluding hydrogens is 280 g/mol. The van der Waals surface area contributed by atoms with E-state index in [2.05, 4.69) is 25.3 Å². The summed E-state index contributed by atoms with van der Waals surface area (Å²) < 4.78 is 0. The van der Waals surface area contributed by atoms with E-state index >= 15 is 0 Å². The largest absolute Gasteiger partial charge is 0.512 e. The highest BCUT2D eigenvalue weighted by Gasteiger charge is 2.29. The molecule has 0 spiro atoms. The third-order valence-electron chi connectivity index (χ3n) is 4.18. The van der Waals surface area contributed by atoms with Crippen molar-refractivity contribution < 1.29 is 9.90 Å². The monoisotopic (exact) mass is 304 g/mol. The van der Waals surface area contributed by atoms with Gasteiger partial charge >= 0.3 is 0 Å². The fourth-order valence-corrected chi connectivity index (χ4v) is 3.89. The van der Waals surface area contributed by atoms with E-state index in [0.717, 1.165) is 28.9 Å². The average molecular weight is 304 g/mol. The van der Waals surface area contributed by atoms with Gasteiger partial charge in [-0.25, -0.2) is 0 Å². The second kappa shape index (κ2) is 6.69. The molecule has 0 aliphatic heterocycles. The van der Waals surface area contributed by atoms with Crippen molar-refractivity contribution >= 4 is 23.1 Å². The predicted molar refractivity (Wildman–Crippen MR) is 90.9 cm³/mol. The van der Waals surface area contributed by atoms with Gasteiger partial charge in [-0.1, -0.05) is 17.7 Å². The van der Waals surface area contributed by atoms with E-state index < -0.39 is 0 Å². The molecule has 0 aromatic heterocycles. The van der Waals surface area contributed by atoms with E-state index in [9.17, 15) is 9.90 Å². The smallest absolute Gasteiger partial charge is 0.167 e. The lowest BCUT2D eigenvalue weighted by molar-refractivity contribution is -0.115. The van der Waals surface area contributed by atoms with Crippen LogP contribution >= 0.6 is 11.8 Å². The third kappa shape index (κ3) is 3.52. The Labute approximate surface area is 131 Å². The number of carbonyl (C=O) groups excluding carboxylic acids is 1. The Kier molecular flexibility index (Phi) is 5.15. The molecule has 1 N–H and O–H groups in total. The standard InChI is InChI=1S/C18H24O2S/c1-11-7-12(2)17(13(3)8-11)18-15(19)9-14(5-6-21-4)10-16(18)20/h7-8,14,19H,5-6,9-10H2,1-4H3. The lowest BCUT2D eigenvalue weighted by Gasteiger charge is -2.25. The Bertz CT molecular complexity index is 564. The number of rotatable bonds is 4. The number of thioether (sulfide) groups is 1. The first-order chi connectivity index (χ1) is 9.93. The molecule has 1 unspecified atom stereocenters. The molecule has 0 fully saturated rings. The molecule has 0 heterocycles. The van der Waals surface area contributed by atoms with Gasteiger partial charge < -0.3 is 5.11 Å². The number of aliphatic hydroxyl groups is 1. The van der Waals surface area contributed by atoms with Crippen molar-refractivity contribution in [1.82, 2.24) is 0 Å². The molecule has 2 rings (SSSR count). The van der Waals surface area contributed by atoms with E-state index in [-0.39, 0.29) is 11.5 Å². The summed E-state index contributed by atoms with van der Waals surface area (Å²) in [6.45, 7) is 6.09. The number of carbonyl (C=O) groups is 1. The number of hydrogen-bond donors (Lipinski definition) is 1. The molecule has 1 aromatic rings. The van der Waals surface area contributed by atoms with Crippen LogP contribution in [0, 0.1) is 26.7 Å². The van der Waals surface area contributed by atoms with Crippen molar-refractivity contribution in [2.24, 2.45) is 5.92 Å². The molecule has 1 aliphatic carbocycles. The van der Waals surface area contributed by atoms with Gasteiger partial charge in [0.2, 0.25) is 0 Å².